The Morgan fingerprint density at radius 2 is 2.03 bits per heavy atom. The van der Waals surface area contributed by atoms with Gasteiger partial charge in [-0.1, -0.05) is 19.4 Å². The molecule has 4 atom stereocenters. The maximum absolute atomic E-state index is 13.2. The summed E-state index contributed by atoms with van der Waals surface area (Å²) in [6, 6.07) is 4.34. The smallest absolute Gasteiger partial charge is 0.481 e. The van der Waals surface area contributed by atoms with Gasteiger partial charge in [0, 0.05) is 36.1 Å². The number of hydrogen-bond donors (Lipinski definition) is 2. The van der Waals surface area contributed by atoms with Crippen molar-refractivity contribution in [2.75, 3.05) is 6.54 Å². The molecular weight excluding hydrogens is 425 g/mol. The first kappa shape index (κ1) is 22.5. The predicted octanol–water partition coefficient (Wildman–Crippen LogP) is 5.05. The highest BCUT2D eigenvalue weighted by Crippen LogP contribution is 2.41. The van der Waals surface area contributed by atoms with E-state index in [0.29, 0.717) is 29.4 Å². The molecule has 6 nitrogen and oxygen atoms in total. The lowest BCUT2D eigenvalue weighted by Crippen LogP contribution is -2.53. The van der Waals surface area contributed by atoms with Gasteiger partial charge in [-0.2, -0.15) is 0 Å². The number of likely N-dealkylation sites (tertiary alicyclic amines) is 1. The molecule has 1 aromatic carbocycles. The minimum Gasteiger partial charge on any atom is -0.481 e. The van der Waals surface area contributed by atoms with Gasteiger partial charge in [-0.15, -0.1) is 13.2 Å². The normalized spacial score (nSPS) is 24.8. The highest BCUT2D eigenvalue weighted by atomic mass is 19.4. The van der Waals surface area contributed by atoms with Crippen molar-refractivity contribution in [3.05, 3.63) is 30.0 Å². The Balaban J connectivity index is 1.54. The number of aromatic amines is 1. The third-order valence-corrected chi connectivity index (χ3v) is 6.94. The number of amides is 1. The van der Waals surface area contributed by atoms with Gasteiger partial charge in [0.1, 0.15) is 5.75 Å². The van der Waals surface area contributed by atoms with Crippen LogP contribution in [0.4, 0.5) is 13.2 Å². The van der Waals surface area contributed by atoms with E-state index in [0.717, 1.165) is 25.7 Å². The topological polar surface area (TPSA) is 82.6 Å². The summed E-state index contributed by atoms with van der Waals surface area (Å²) in [6.45, 7) is 2.41. The first-order chi connectivity index (χ1) is 15.2. The minimum atomic E-state index is -4.81. The molecular formula is C23H27F3N2O4. The summed E-state index contributed by atoms with van der Waals surface area (Å²) in [6.07, 6.45) is 0.741. The van der Waals surface area contributed by atoms with Gasteiger partial charge in [-0.05, 0) is 55.2 Å². The van der Waals surface area contributed by atoms with Gasteiger partial charge in [-0.25, -0.2) is 0 Å². The van der Waals surface area contributed by atoms with E-state index < -0.39 is 18.2 Å². The Hall–Kier alpha value is -2.71. The van der Waals surface area contributed by atoms with Crippen molar-refractivity contribution in [1.82, 2.24) is 9.88 Å². The number of halogens is 3. The van der Waals surface area contributed by atoms with E-state index in [2.05, 4.69) is 9.72 Å². The van der Waals surface area contributed by atoms with Crippen LogP contribution in [-0.2, 0) is 9.59 Å². The number of benzene rings is 1. The van der Waals surface area contributed by atoms with Crippen LogP contribution in [0.2, 0.25) is 0 Å². The number of nitrogens with zero attached hydrogens (tertiary/aromatic N) is 1. The summed E-state index contributed by atoms with van der Waals surface area (Å²) < 4.78 is 42.8. The molecule has 4 unspecified atom stereocenters. The van der Waals surface area contributed by atoms with Crippen LogP contribution in [0.15, 0.2) is 24.4 Å². The second-order valence-electron chi connectivity index (χ2n) is 8.91. The standard InChI is InChI=1S/C23H27F3N2O4/c1-13(16-12-27-17-7-3-9-19(21(16)17)32-23(24,25)26)11-20(29)28-10-4-6-14-15(22(30)31)5-2-8-18(14)28/h3,7,9,12-15,18,27H,2,4-6,8,10-11H2,1H3,(H,30,31). The van der Waals surface area contributed by atoms with Crippen LogP contribution >= 0.6 is 0 Å². The second-order valence-corrected chi connectivity index (χ2v) is 8.91. The predicted molar refractivity (Wildman–Crippen MR) is 111 cm³/mol. The molecule has 1 aromatic heterocycles. The molecule has 0 spiro atoms. The number of alkyl halides is 3. The highest BCUT2D eigenvalue weighted by molar-refractivity contribution is 5.90. The first-order valence-corrected chi connectivity index (χ1v) is 11.0. The molecule has 2 fully saturated rings. The number of hydrogen-bond acceptors (Lipinski definition) is 3. The van der Waals surface area contributed by atoms with E-state index in [4.69, 9.17) is 0 Å². The van der Waals surface area contributed by atoms with Gasteiger partial charge in [-0.3, -0.25) is 9.59 Å². The fourth-order valence-corrected chi connectivity index (χ4v) is 5.57. The lowest BCUT2D eigenvalue weighted by atomic mass is 9.71. The van der Waals surface area contributed by atoms with Crippen molar-refractivity contribution in [1.29, 1.82) is 0 Å². The minimum absolute atomic E-state index is 0.0332. The summed E-state index contributed by atoms with van der Waals surface area (Å²) >= 11 is 0. The monoisotopic (exact) mass is 452 g/mol. The Bertz CT molecular complexity index is 1000. The molecule has 2 heterocycles. The van der Waals surface area contributed by atoms with E-state index in [-0.39, 0.29) is 36.0 Å². The number of carboxylic acid groups (broad SMARTS) is 1. The van der Waals surface area contributed by atoms with Gasteiger partial charge in [0.05, 0.1) is 5.92 Å². The van der Waals surface area contributed by atoms with Gasteiger partial charge >= 0.3 is 12.3 Å². The Labute approximate surface area is 183 Å². The number of carbonyl (C=O) groups excluding carboxylic acids is 1. The van der Waals surface area contributed by atoms with Crippen LogP contribution in [0, 0.1) is 11.8 Å². The summed E-state index contributed by atoms with van der Waals surface area (Å²) in [5.41, 5.74) is 1.10. The molecule has 1 saturated heterocycles. The number of fused-ring (bicyclic) bond motifs is 2. The molecule has 1 aliphatic heterocycles. The van der Waals surface area contributed by atoms with Gasteiger partial charge in [0.25, 0.3) is 0 Å². The molecule has 2 N–H and O–H groups in total. The van der Waals surface area contributed by atoms with Crippen LogP contribution in [-0.4, -0.2) is 45.8 Å². The molecule has 4 rings (SSSR count). The SMILES string of the molecule is CC(CC(=O)N1CCCC2C(C(=O)O)CCCC21)c1c[nH]c2cccc(OC(F)(F)F)c12. The molecule has 174 valence electrons. The zero-order valence-corrected chi connectivity index (χ0v) is 17.8. The fourth-order valence-electron chi connectivity index (χ4n) is 5.57. The van der Waals surface area contributed by atoms with Gasteiger partial charge < -0.3 is 19.7 Å². The summed E-state index contributed by atoms with van der Waals surface area (Å²) in [5.74, 6) is -1.96. The average Bonchev–Trinajstić information content (AvgIpc) is 3.17. The summed E-state index contributed by atoms with van der Waals surface area (Å²) in [7, 11) is 0. The number of piperidine rings is 1. The van der Waals surface area contributed by atoms with Crippen LogP contribution in [0.3, 0.4) is 0 Å². The van der Waals surface area contributed by atoms with E-state index in [1.807, 2.05) is 11.8 Å². The van der Waals surface area contributed by atoms with Gasteiger partial charge in [0.2, 0.25) is 5.91 Å². The fraction of sp³-hybridized carbons (Fsp3) is 0.565. The highest BCUT2D eigenvalue weighted by Gasteiger charge is 2.43. The van der Waals surface area contributed by atoms with Crippen LogP contribution in [0.25, 0.3) is 10.9 Å². The van der Waals surface area contributed by atoms with Gasteiger partial charge in [0.15, 0.2) is 0 Å². The van der Waals surface area contributed by atoms with Crippen molar-refractivity contribution < 1.29 is 32.6 Å². The summed E-state index contributed by atoms with van der Waals surface area (Å²) in [5, 5.41) is 9.91. The lowest BCUT2D eigenvalue weighted by molar-refractivity contribution is -0.274. The Morgan fingerprint density at radius 3 is 2.75 bits per heavy atom. The number of H-pyrrole nitrogens is 1. The van der Waals surface area contributed by atoms with E-state index in [1.165, 1.54) is 12.1 Å². The number of rotatable bonds is 5. The largest absolute Gasteiger partial charge is 0.573 e. The number of nitrogens with one attached hydrogen (secondary N) is 1. The molecule has 2 aliphatic rings. The Kier molecular flexibility index (Phi) is 6.09. The zero-order chi connectivity index (χ0) is 23.0. The maximum atomic E-state index is 13.2. The third-order valence-electron chi connectivity index (χ3n) is 6.94. The van der Waals surface area contributed by atoms with Crippen LogP contribution in [0.5, 0.6) is 5.75 Å². The molecule has 1 aliphatic carbocycles. The molecule has 32 heavy (non-hydrogen) atoms. The van der Waals surface area contributed by atoms with Crippen molar-refractivity contribution >= 4 is 22.8 Å². The molecule has 1 amide bonds. The van der Waals surface area contributed by atoms with Crippen LogP contribution < -0.4 is 4.74 Å². The van der Waals surface area contributed by atoms with E-state index >= 15 is 0 Å². The first-order valence-electron chi connectivity index (χ1n) is 11.0. The van der Waals surface area contributed by atoms with Crippen molar-refractivity contribution in [2.45, 2.75) is 63.8 Å². The lowest BCUT2D eigenvalue weighted by Gasteiger charge is -2.46. The zero-order valence-electron chi connectivity index (χ0n) is 17.8. The molecule has 2 aromatic rings. The summed E-state index contributed by atoms with van der Waals surface area (Å²) in [4.78, 5) is 29.7. The Morgan fingerprint density at radius 1 is 1.25 bits per heavy atom. The third kappa shape index (κ3) is 4.42. The van der Waals surface area contributed by atoms with Crippen molar-refractivity contribution in [3.63, 3.8) is 0 Å². The van der Waals surface area contributed by atoms with Crippen molar-refractivity contribution in [3.8, 4) is 5.75 Å². The number of aromatic nitrogens is 1. The maximum Gasteiger partial charge on any atom is 0.573 e. The van der Waals surface area contributed by atoms with E-state index in [1.54, 1.807) is 12.3 Å². The average molecular weight is 452 g/mol. The number of ether oxygens (including phenoxy) is 1. The van der Waals surface area contributed by atoms with E-state index in [9.17, 15) is 27.9 Å². The molecule has 1 saturated carbocycles. The van der Waals surface area contributed by atoms with Crippen molar-refractivity contribution in [2.24, 2.45) is 11.8 Å². The second kappa shape index (κ2) is 8.67. The number of carbonyl (C=O) groups is 2. The molecule has 0 radical (unpaired) electrons. The molecule has 0 bridgehead atoms. The quantitative estimate of drug-likeness (QED) is 0.665. The number of carboxylic acids is 1. The number of aliphatic carboxylic acids is 1. The van der Waals surface area contributed by atoms with Crippen LogP contribution in [0.1, 0.15) is 56.9 Å². The molecule has 9 heteroatoms.